The van der Waals surface area contributed by atoms with Crippen molar-refractivity contribution in [2.24, 2.45) is 0 Å². The number of nitrogens with zero attached hydrogens (tertiary/aromatic N) is 1. The van der Waals surface area contributed by atoms with Crippen LogP contribution < -0.4 is 10.6 Å². The molecule has 1 aromatic heterocycles. The van der Waals surface area contributed by atoms with E-state index in [2.05, 4.69) is 15.6 Å². The molecule has 6 nitrogen and oxygen atoms in total. The second kappa shape index (κ2) is 7.97. The van der Waals surface area contributed by atoms with E-state index in [1.54, 1.807) is 32.1 Å². The third-order valence-corrected chi connectivity index (χ3v) is 3.40. The normalized spacial score (nSPS) is 11.0. The average molecular weight is 313 g/mol. The summed E-state index contributed by atoms with van der Waals surface area (Å²) in [6.07, 6.45) is 0.665. The van der Waals surface area contributed by atoms with E-state index in [0.717, 1.165) is 17.1 Å². The molecule has 1 aromatic rings. The van der Waals surface area contributed by atoms with Crippen molar-refractivity contribution in [1.29, 1.82) is 0 Å². The zero-order chi connectivity index (χ0) is 15.9. The molecule has 0 aromatic carbocycles. The molecule has 7 heteroatoms. The van der Waals surface area contributed by atoms with Crippen molar-refractivity contribution >= 4 is 23.3 Å². The van der Waals surface area contributed by atoms with Crippen LogP contribution in [0.3, 0.4) is 0 Å². The fourth-order valence-electron chi connectivity index (χ4n) is 1.50. The maximum Gasteiger partial charge on any atom is 0.407 e. The van der Waals surface area contributed by atoms with E-state index in [4.69, 9.17) is 4.74 Å². The average Bonchev–Trinajstić information content (AvgIpc) is 2.80. The Kier molecular flexibility index (Phi) is 6.61. The number of rotatable bonds is 6. The topological polar surface area (TPSA) is 80.3 Å². The summed E-state index contributed by atoms with van der Waals surface area (Å²) in [7, 11) is 0. The van der Waals surface area contributed by atoms with Crippen LogP contribution >= 0.6 is 11.3 Å². The number of ether oxygens (including phenoxy) is 1. The molecular weight excluding hydrogens is 290 g/mol. The Bertz CT molecular complexity index is 480. The fourth-order valence-corrected chi connectivity index (χ4v) is 2.24. The van der Waals surface area contributed by atoms with Crippen molar-refractivity contribution in [3.63, 3.8) is 0 Å². The lowest BCUT2D eigenvalue weighted by Crippen LogP contribution is -2.38. The van der Waals surface area contributed by atoms with Crippen LogP contribution in [0.4, 0.5) is 4.79 Å². The molecule has 0 unspecified atom stereocenters. The van der Waals surface area contributed by atoms with E-state index in [0.29, 0.717) is 13.1 Å². The summed E-state index contributed by atoms with van der Waals surface area (Å²) in [5.74, 6) is -0.103. The molecule has 0 fully saturated rings. The van der Waals surface area contributed by atoms with E-state index in [1.165, 1.54) is 0 Å². The summed E-state index contributed by atoms with van der Waals surface area (Å²) < 4.78 is 5.08. The van der Waals surface area contributed by atoms with Gasteiger partial charge in [-0.15, -0.1) is 11.3 Å². The number of thiazole rings is 1. The Morgan fingerprint density at radius 1 is 1.29 bits per heavy atom. The zero-order valence-electron chi connectivity index (χ0n) is 13.0. The van der Waals surface area contributed by atoms with Gasteiger partial charge in [-0.3, -0.25) is 4.79 Å². The van der Waals surface area contributed by atoms with Gasteiger partial charge >= 0.3 is 6.09 Å². The number of amides is 2. The van der Waals surface area contributed by atoms with E-state index in [9.17, 15) is 9.59 Å². The zero-order valence-corrected chi connectivity index (χ0v) is 13.8. The number of carbonyl (C=O) groups is 2. The van der Waals surface area contributed by atoms with Gasteiger partial charge in [-0.05, 0) is 27.2 Å². The molecule has 0 saturated carbocycles. The second-order valence-electron chi connectivity index (χ2n) is 5.54. The summed E-state index contributed by atoms with van der Waals surface area (Å²) in [5, 5.41) is 8.25. The second-order valence-corrected chi connectivity index (χ2v) is 6.48. The molecule has 2 amide bonds. The molecule has 0 radical (unpaired) electrons. The molecule has 0 atom stereocenters. The van der Waals surface area contributed by atoms with Crippen LogP contribution in [0.2, 0.25) is 0 Å². The Morgan fingerprint density at radius 3 is 2.52 bits per heavy atom. The summed E-state index contributed by atoms with van der Waals surface area (Å²) in [6, 6.07) is 0. The number of alkyl carbamates (subject to hydrolysis) is 1. The van der Waals surface area contributed by atoms with E-state index < -0.39 is 11.7 Å². The molecule has 1 heterocycles. The van der Waals surface area contributed by atoms with Crippen LogP contribution in [-0.4, -0.2) is 35.7 Å². The van der Waals surface area contributed by atoms with Crippen LogP contribution in [0.25, 0.3) is 0 Å². The van der Waals surface area contributed by atoms with Crippen molar-refractivity contribution < 1.29 is 14.3 Å². The van der Waals surface area contributed by atoms with E-state index in [1.807, 2.05) is 12.3 Å². The maximum atomic E-state index is 11.7. The number of hydrogen-bond acceptors (Lipinski definition) is 5. The number of nitrogens with one attached hydrogen (secondary N) is 2. The highest BCUT2D eigenvalue weighted by Gasteiger charge is 2.15. The first-order valence-electron chi connectivity index (χ1n) is 6.97. The number of carbonyl (C=O) groups excluding carboxylic acids is 2. The minimum Gasteiger partial charge on any atom is -0.444 e. The molecule has 0 aliphatic carbocycles. The van der Waals surface area contributed by atoms with Crippen LogP contribution in [0.15, 0.2) is 5.38 Å². The molecule has 0 spiro atoms. The monoisotopic (exact) mass is 313 g/mol. The summed E-state index contributed by atoms with van der Waals surface area (Å²) >= 11 is 1.56. The van der Waals surface area contributed by atoms with Gasteiger partial charge in [-0.2, -0.15) is 0 Å². The predicted molar refractivity (Wildman–Crippen MR) is 82.4 cm³/mol. The van der Waals surface area contributed by atoms with Gasteiger partial charge in [0, 0.05) is 18.5 Å². The van der Waals surface area contributed by atoms with Crippen LogP contribution in [0.5, 0.6) is 0 Å². The standard InChI is InChI=1S/C14H23N3O3S/c1-5-12-17-10(9-21-12)8-11(18)15-6-7-16-13(19)20-14(2,3)4/h9H,5-8H2,1-4H3,(H,15,18)(H,16,19). The first-order chi connectivity index (χ1) is 9.80. The molecule has 2 N–H and O–H groups in total. The largest absolute Gasteiger partial charge is 0.444 e. The lowest BCUT2D eigenvalue weighted by molar-refractivity contribution is -0.120. The Morgan fingerprint density at radius 2 is 1.95 bits per heavy atom. The quantitative estimate of drug-likeness (QED) is 0.786. The van der Waals surface area contributed by atoms with Gasteiger partial charge in [0.05, 0.1) is 17.1 Å². The highest BCUT2D eigenvalue weighted by Crippen LogP contribution is 2.10. The van der Waals surface area contributed by atoms with Crippen LogP contribution in [0, 0.1) is 0 Å². The molecule has 0 aliphatic heterocycles. The third-order valence-electron chi connectivity index (χ3n) is 2.36. The molecule has 0 saturated heterocycles. The van der Waals surface area contributed by atoms with Crippen molar-refractivity contribution in [2.45, 2.75) is 46.1 Å². The summed E-state index contributed by atoms with van der Waals surface area (Å²) in [6.45, 7) is 8.12. The number of aromatic nitrogens is 1. The highest BCUT2D eigenvalue weighted by molar-refractivity contribution is 7.09. The van der Waals surface area contributed by atoms with Gasteiger partial charge in [0.2, 0.25) is 5.91 Å². The van der Waals surface area contributed by atoms with Crippen molar-refractivity contribution in [3.8, 4) is 0 Å². The van der Waals surface area contributed by atoms with Gasteiger partial charge in [0.15, 0.2) is 0 Å². The molecule has 0 bridgehead atoms. The molecule has 21 heavy (non-hydrogen) atoms. The lowest BCUT2D eigenvalue weighted by atomic mass is 10.2. The first-order valence-corrected chi connectivity index (χ1v) is 7.85. The minimum atomic E-state index is -0.519. The van der Waals surface area contributed by atoms with Gasteiger partial charge in [0.1, 0.15) is 5.60 Å². The smallest absolute Gasteiger partial charge is 0.407 e. The van der Waals surface area contributed by atoms with Gasteiger partial charge < -0.3 is 15.4 Å². The Hall–Kier alpha value is -1.63. The lowest BCUT2D eigenvalue weighted by Gasteiger charge is -2.19. The first kappa shape index (κ1) is 17.4. The van der Waals surface area contributed by atoms with Crippen LogP contribution in [0.1, 0.15) is 38.4 Å². The van der Waals surface area contributed by atoms with E-state index in [-0.39, 0.29) is 12.3 Å². The molecular formula is C14H23N3O3S. The number of hydrogen-bond donors (Lipinski definition) is 2. The molecule has 118 valence electrons. The van der Waals surface area contributed by atoms with E-state index >= 15 is 0 Å². The van der Waals surface area contributed by atoms with Gasteiger partial charge in [-0.1, -0.05) is 6.92 Å². The minimum absolute atomic E-state index is 0.103. The molecule has 0 aliphatic rings. The Labute approximate surface area is 129 Å². The van der Waals surface area contributed by atoms with Crippen molar-refractivity contribution in [3.05, 3.63) is 16.1 Å². The SMILES string of the molecule is CCc1nc(CC(=O)NCCNC(=O)OC(C)(C)C)cs1. The van der Waals surface area contributed by atoms with Crippen LogP contribution in [-0.2, 0) is 22.4 Å². The van der Waals surface area contributed by atoms with Crippen molar-refractivity contribution in [2.75, 3.05) is 13.1 Å². The Balaban J connectivity index is 2.17. The summed E-state index contributed by atoms with van der Waals surface area (Å²) in [5.41, 5.74) is 0.268. The van der Waals surface area contributed by atoms with Gasteiger partial charge in [-0.25, -0.2) is 9.78 Å². The number of aryl methyl sites for hydroxylation is 1. The van der Waals surface area contributed by atoms with Gasteiger partial charge in [0.25, 0.3) is 0 Å². The predicted octanol–water partition coefficient (Wildman–Crippen LogP) is 1.89. The molecule has 1 rings (SSSR count). The summed E-state index contributed by atoms with van der Waals surface area (Å²) in [4.78, 5) is 27.4. The maximum absolute atomic E-state index is 11.7. The highest BCUT2D eigenvalue weighted by atomic mass is 32.1. The third kappa shape index (κ3) is 7.65. The van der Waals surface area contributed by atoms with Crippen molar-refractivity contribution in [1.82, 2.24) is 15.6 Å². The fraction of sp³-hybridized carbons (Fsp3) is 0.643.